The first-order chi connectivity index (χ1) is 11.7. The maximum Gasteiger partial charge on any atom is 0.228 e. The number of aryl methyl sites for hydroxylation is 1. The molecular formula is C19H27N3O2. The van der Waals surface area contributed by atoms with Gasteiger partial charge in [-0.15, -0.1) is 0 Å². The Morgan fingerprint density at radius 3 is 2.50 bits per heavy atom. The minimum atomic E-state index is 0.217. The molecule has 1 aromatic rings. The van der Waals surface area contributed by atoms with Crippen molar-refractivity contribution in [2.75, 3.05) is 44.2 Å². The Kier molecular flexibility index (Phi) is 5.51. The Balaban J connectivity index is 1.50. The van der Waals surface area contributed by atoms with Crippen molar-refractivity contribution in [3.63, 3.8) is 0 Å². The molecule has 0 radical (unpaired) electrons. The first kappa shape index (κ1) is 17.0. The van der Waals surface area contributed by atoms with Gasteiger partial charge in [0.25, 0.3) is 0 Å². The normalized spacial score (nSPS) is 18.4. The molecule has 3 rings (SSSR count). The Hall–Kier alpha value is -1.88. The fourth-order valence-electron chi connectivity index (χ4n) is 3.63. The quantitative estimate of drug-likeness (QED) is 0.847. The molecule has 1 aromatic carbocycles. The summed E-state index contributed by atoms with van der Waals surface area (Å²) in [4.78, 5) is 30.5. The van der Waals surface area contributed by atoms with E-state index in [2.05, 4.69) is 17.0 Å². The molecule has 2 aliphatic rings. The smallest absolute Gasteiger partial charge is 0.228 e. The average Bonchev–Trinajstić information content (AvgIpc) is 2.65. The number of benzene rings is 1. The highest BCUT2D eigenvalue weighted by atomic mass is 16.2. The maximum atomic E-state index is 12.7. The number of hydrogen-bond donors (Lipinski definition) is 0. The van der Waals surface area contributed by atoms with Gasteiger partial charge in [0.2, 0.25) is 11.8 Å². The molecule has 0 spiro atoms. The van der Waals surface area contributed by atoms with Crippen molar-refractivity contribution < 1.29 is 9.59 Å². The summed E-state index contributed by atoms with van der Waals surface area (Å²) in [7, 11) is 0. The first-order valence-electron chi connectivity index (χ1n) is 9.07. The van der Waals surface area contributed by atoms with E-state index in [-0.39, 0.29) is 11.8 Å². The van der Waals surface area contributed by atoms with Crippen molar-refractivity contribution in [2.24, 2.45) is 0 Å². The lowest BCUT2D eigenvalue weighted by Gasteiger charge is -2.35. The number of carbonyl (C=O) groups excluding carboxylic acids is 2. The predicted molar refractivity (Wildman–Crippen MR) is 95.0 cm³/mol. The highest BCUT2D eigenvalue weighted by Crippen LogP contribution is 2.27. The fraction of sp³-hybridized carbons (Fsp3) is 0.579. The predicted octanol–water partition coefficient (Wildman–Crippen LogP) is 1.91. The van der Waals surface area contributed by atoms with Gasteiger partial charge in [-0.3, -0.25) is 14.5 Å². The van der Waals surface area contributed by atoms with Gasteiger partial charge in [0.05, 0.1) is 0 Å². The average molecular weight is 329 g/mol. The lowest BCUT2D eigenvalue weighted by atomic mass is 10.0. The molecule has 5 nitrogen and oxygen atoms in total. The van der Waals surface area contributed by atoms with Gasteiger partial charge >= 0.3 is 0 Å². The van der Waals surface area contributed by atoms with Gasteiger partial charge in [0.1, 0.15) is 0 Å². The number of nitrogens with zero attached hydrogens (tertiary/aromatic N) is 3. The molecule has 5 heteroatoms. The van der Waals surface area contributed by atoms with Gasteiger partial charge in [0.15, 0.2) is 0 Å². The second-order valence-corrected chi connectivity index (χ2v) is 6.60. The Labute approximate surface area is 144 Å². The van der Waals surface area contributed by atoms with Gasteiger partial charge in [-0.2, -0.15) is 0 Å². The third-order valence-electron chi connectivity index (χ3n) is 5.08. The maximum absolute atomic E-state index is 12.7. The van der Waals surface area contributed by atoms with Crippen molar-refractivity contribution in [1.29, 1.82) is 0 Å². The van der Waals surface area contributed by atoms with E-state index in [1.807, 2.05) is 28.9 Å². The molecule has 0 bridgehead atoms. The summed E-state index contributed by atoms with van der Waals surface area (Å²) in [6.07, 6.45) is 3.23. The molecule has 1 saturated heterocycles. The van der Waals surface area contributed by atoms with E-state index in [1.54, 1.807) is 0 Å². The van der Waals surface area contributed by atoms with E-state index in [9.17, 15) is 9.59 Å². The molecule has 0 aliphatic carbocycles. The number of para-hydroxylation sites is 1. The van der Waals surface area contributed by atoms with E-state index >= 15 is 0 Å². The Morgan fingerprint density at radius 1 is 1.00 bits per heavy atom. The van der Waals surface area contributed by atoms with Crippen LogP contribution in [0.1, 0.15) is 31.7 Å². The van der Waals surface area contributed by atoms with Crippen LogP contribution in [0.5, 0.6) is 0 Å². The molecule has 0 aromatic heterocycles. The number of rotatable bonds is 4. The van der Waals surface area contributed by atoms with Crippen LogP contribution in [0.15, 0.2) is 24.3 Å². The van der Waals surface area contributed by atoms with Gasteiger partial charge in [0, 0.05) is 57.8 Å². The SMILES string of the molecule is CCC(=O)N1CCN(CCC(=O)N2CCCc3ccccc32)CC1. The van der Waals surface area contributed by atoms with Crippen LogP contribution in [0, 0.1) is 0 Å². The van der Waals surface area contributed by atoms with E-state index in [0.29, 0.717) is 12.8 Å². The molecule has 2 heterocycles. The zero-order valence-electron chi connectivity index (χ0n) is 14.5. The number of carbonyl (C=O) groups is 2. The second kappa shape index (κ2) is 7.79. The zero-order chi connectivity index (χ0) is 16.9. The molecule has 24 heavy (non-hydrogen) atoms. The third-order valence-corrected chi connectivity index (χ3v) is 5.08. The minimum absolute atomic E-state index is 0.217. The molecule has 2 aliphatic heterocycles. The second-order valence-electron chi connectivity index (χ2n) is 6.60. The van der Waals surface area contributed by atoms with Crippen LogP contribution in [0.25, 0.3) is 0 Å². The number of hydrogen-bond acceptors (Lipinski definition) is 3. The Morgan fingerprint density at radius 2 is 1.75 bits per heavy atom. The van der Waals surface area contributed by atoms with Crippen molar-refractivity contribution in [3.8, 4) is 0 Å². The van der Waals surface area contributed by atoms with Crippen LogP contribution in [0.3, 0.4) is 0 Å². The molecule has 0 N–H and O–H groups in total. The first-order valence-corrected chi connectivity index (χ1v) is 9.07. The molecule has 0 saturated carbocycles. The summed E-state index contributed by atoms with van der Waals surface area (Å²) in [5.41, 5.74) is 2.37. The molecule has 2 amide bonds. The van der Waals surface area contributed by atoms with Crippen molar-refractivity contribution in [3.05, 3.63) is 29.8 Å². The molecular weight excluding hydrogens is 302 g/mol. The summed E-state index contributed by atoms with van der Waals surface area (Å²) in [5, 5.41) is 0. The van der Waals surface area contributed by atoms with Crippen LogP contribution < -0.4 is 4.90 Å². The van der Waals surface area contributed by atoms with Crippen LogP contribution in [-0.2, 0) is 16.0 Å². The lowest BCUT2D eigenvalue weighted by molar-refractivity contribution is -0.132. The van der Waals surface area contributed by atoms with Crippen LogP contribution in [0.4, 0.5) is 5.69 Å². The molecule has 1 fully saturated rings. The highest BCUT2D eigenvalue weighted by molar-refractivity contribution is 5.94. The van der Waals surface area contributed by atoms with Gasteiger partial charge in [-0.1, -0.05) is 25.1 Å². The number of amides is 2. The van der Waals surface area contributed by atoms with Gasteiger partial charge in [-0.05, 0) is 24.5 Å². The van der Waals surface area contributed by atoms with E-state index in [0.717, 1.165) is 57.8 Å². The number of piperazine rings is 1. The standard InChI is InChI=1S/C19H27N3O2/c1-2-18(23)21-14-12-20(13-15-21)11-9-19(24)22-10-5-7-16-6-3-4-8-17(16)22/h3-4,6,8H,2,5,7,9-15H2,1H3. The zero-order valence-corrected chi connectivity index (χ0v) is 14.5. The van der Waals surface area contributed by atoms with E-state index in [4.69, 9.17) is 0 Å². The number of anilines is 1. The lowest BCUT2D eigenvalue weighted by Crippen LogP contribution is -2.49. The summed E-state index contributed by atoms with van der Waals surface area (Å²) < 4.78 is 0. The van der Waals surface area contributed by atoms with E-state index < -0.39 is 0 Å². The summed E-state index contributed by atoms with van der Waals surface area (Å²) in [6, 6.07) is 8.23. The molecule has 0 atom stereocenters. The van der Waals surface area contributed by atoms with Crippen molar-refractivity contribution in [1.82, 2.24) is 9.80 Å². The summed E-state index contributed by atoms with van der Waals surface area (Å²) in [6.45, 7) is 6.83. The van der Waals surface area contributed by atoms with Gasteiger partial charge in [-0.25, -0.2) is 0 Å². The summed E-state index contributed by atoms with van der Waals surface area (Å²) >= 11 is 0. The highest BCUT2D eigenvalue weighted by Gasteiger charge is 2.24. The third kappa shape index (κ3) is 3.78. The van der Waals surface area contributed by atoms with Gasteiger partial charge < -0.3 is 9.80 Å². The minimum Gasteiger partial charge on any atom is -0.340 e. The number of fused-ring (bicyclic) bond motifs is 1. The van der Waals surface area contributed by atoms with Crippen LogP contribution in [-0.4, -0.2) is 60.9 Å². The summed E-state index contributed by atoms with van der Waals surface area (Å²) in [5.74, 6) is 0.449. The van der Waals surface area contributed by atoms with Crippen molar-refractivity contribution >= 4 is 17.5 Å². The fourth-order valence-corrected chi connectivity index (χ4v) is 3.63. The van der Waals surface area contributed by atoms with Crippen molar-refractivity contribution in [2.45, 2.75) is 32.6 Å². The topological polar surface area (TPSA) is 43.9 Å². The monoisotopic (exact) mass is 329 g/mol. The van der Waals surface area contributed by atoms with Crippen LogP contribution in [0.2, 0.25) is 0 Å². The van der Waals surface area contributed by atoms with Crippen LogP contribution >= 0.6 is 0 Å². The Bertz CT molecular complexity index is 594. The molecule has 130 valence electrons. The molecule has 0 unspecified atom stereocenters. The van der Waals surface area contributed by atoms with E-state index in [1.165, 1.54) is 5.56 Å². The largest absolute Gasteiger partial charge is 0.340 e.